The molecule has 10 nitrogen and oxygen atoms in total. The predicted molar refractivity (Wildman–Crippen MR) is 133 cm³/mol. The Morgan fingerprint density at radius 2 is 1.67 bits per heavy atom. The van der Waals surface area contributed by atoms with Crippen LogP contribution >= 0.6 is 0 Å². The highest BCUT2D eigenvalue weighted by Gasteiger charge is 2.21. The molecule has 0 bridgehead atoms. The summed E-state index contributed by atoms with van der Waals surface area (Å²) in [6.07, 6.45) is 0. The summed E-state index contributed by atoms with van der Waals surface area (Å²) in [4.78, 5) is 21.1. The van der Waals surface area contributed by atoms with Gasteiger partial charge in [-0.2, -0.15) is 8.42 Å². The Kier molecular flexibility index (Phi) is 5.69. The zero-order valence-electron chi connectivity index (χ0n) is 19.1. The second-order valence-corrected chi connectivity index (χ2v) is 9.17. The van der Waals surface area contributed by atoms with Crippen molar-refractivity contribution < 1.29 is 26.5 Å². The van der Waals surface area contributed by atoms with Gasteiger partial charge in [0.25, 0.3) is 0 Å². The molecule has 182 valence electrons. The highest BCUT2D eigenvalue weighted by atomic mass is 32.2. The lowest BCUT2D eigenvalue weighted by molar-refractivity contribution is 0.353. The average Bonchev–Trinajstić information content (AvgIpc) is 2.87. The molecule has 0 amide bonds. The van der Waals surface area contributed by atoms with E-state index in [9.17, 15) is 13.2 Å². The van der Waals surface area contributed by atoms with E-state index in [1.165, 1.54) is 44.6 Å². The number of benzene rings is 3. The molecule has 5 rings (SSSR count). The van der Waals surface area contributed by atoms with E-state index < -0.39 is 15.7 Å². The van der Waals surface area contributed by atoms with Crippen LogP contribution in [0.1, 0.15) is 0 Å². The van der Waals surface area contributed by atoms with Gasteiger partial charge in [-0.15, -0.1) is 0 Å². The van der Waals surface area contributed by atoms with Crippen molar-refractivity contribution in [2.24, 2.45) is 0 Å². The van der Waals surface area contributed by atoms with Crippen LogP contribution in [0.3, 0.4) is 0 Å². The minimum atomic E-state index is -4.20. The van der Waals surface area contributed by atoms with Crippen molar-refractivity contribution in [2.45, 2.75) is 4.90 Å². The number of nitrogen functional groups attached to an aromatic ring is 1. The van der Waals surface area contributed by atoms with Gasteiger partial charge in [-0.3, -0.25) is 0 Å². The van der Waals surface area contributed by atoms with Gasteiger partial charge in [-0.05, 0) is 36.4 Å². The number of anilines is 1. The number of rotatable bonds is 6. The first-order valence-corrected chi connectivity index (χ1v) is 12.0. The molecule has 0 spiro atoms. The third-order valence-corrected chi connectivity index (χ3v) is 6.67. The third kappa shape index (κ3) is 4.05. The molecule has 0 saturated heterocycles. The van der Waals surface area contributed by atoms with Crippen molar-refractivity contribution in [2.75, 3.05) is 20.0 Å². The molecule has 0 unspecified atom stereocenters. The highest BCUT2D eigenvalue weighted by Crippen LogP contribution is 2.32. The van der Waals surface area contributed by atoms with Crippen LogP contribution in [-0.2, 0) is 10.1 Å². The van der Waals surface area contributed by atoms with Gasteiger partial charge in [0.2, 0.25) is 0 Å². The minimum absolute atomic E-state index is 0.0296. The monoisotopic (exact) mass is 505 g/mol. The Morgan fingerprint density at radius 3 is 2.44 bits per heavy atom. The zero-order valence-corrected chi connectivity index (χ0v) is 19.9. The lowest BCUT2D eigenvalue weighted by atomic mass is 10.1. The fourth-order valence-electron chi connectivity index (χ4n) is 3.74. The summed E-state index contributed by atoms with van der Waals surface area (Å²) in [7, 11) is -1.35. The van der Waals surface area contributed by atoms with E-state index in [2.05, 4.69) is 9.97 Å². The Morgan fingerprint density at radius 1 is 0.889 bits per heavy atom. The second kappa shape index (κ2) is 8.86. The maximum absolute atomic E-state index is 12.9. The van der Waals surface area contributed by atoms with Crippen LogP contribution < -0.4 is 25.0 Å². The standard InChI is InChI=1S/C25H19N3O7S/c1-32-19-11-10-16(13-20(19)33-2)36(30,31)35-15-7-5-6-14(12-15)24-27-22-17-8-3-4-9-18(17)34-25(29)21(22)23(26)28-24/h3-13H,1-2H3,(H2,26,27,28). The molecule has 0 atom stereocenters. The molecule has 3 aromatic carbocycles. The van der Waals surface area contributed by atoms with Crippen LogP contribution in [0.25, 0.3) is 33.3 Å². The van der Waals surface area contributed by atoms with Crippen molar-refractivity contribution in [3.8, 4) is 28.6 Å². The van der Waals surface area contributed by atoms with E-state index in [0.717, 1.165) is 0 Å². The minimum Gasteiger partial charge on any atom is -0.493 e. The van der Waals surface area contributed by atoms with E-state index >= 15 is 0 Å². The molecule has 0 radical (unpaired) electrons. The van der Waals surface area contributed by atoms with Crippen LogP contribution in [0.2, 0.25) is 0 Å². The van der Waals surface area contributed by atoms with Gasteiger partial charge >= 0.3 is 15.7 Å². The Labute approximate surface area is 205 Å². The molecule has 2 heterocycles. The summed E-state index contributed by atoms with van der Waals surface area (Å²) in [5, 5.41) is 0.659. The molecule has 36 heavy (non-hydrogen) atoms. The quantitative estimate of drug-likeness (QED) is 0.206. The van der Waals surface area contributed by atoms with Crippen molar-refractivity contribution >= 4 is 37.8 Å². The molecule has 2 N–H and O–H groups in total. The topological polar surface area (TPSA) is 144 Å². The predicted octanol–water partition coefficient (Wildman–Crippen LogP) is 3.77. The SMILES string of the molecule is COc1ccc(S(=O)(=O)Oc2cccc(-c3nc(N)c4c(=O)oc5ccccc5c4n3)c2)cc1OC. The van der Waals surface area contributed by atoms with Crippen LogP contribution in [0.4, 0.5) is 5.82 Å². The summed E-state index contributed by atoms with van der Waals surface area (Å²) in [5.41, 5.74) is 6.56. The van der Waals surface area contributed by atoms with Gasteiger partial charge in [0, 0.05) is 17.0 Å². The third-order valence-electron chi connectivity index (χ3n) is 5.43. The number of hydrogen-bond donors (Lipinski definition) is 1. The number of nitrogens with two attached hydrogens (primary N) is 1. The van der Waals surface area contributed by atoms with E-state index in [1.807, 2.05) is 0 Å². The second-order valence-electron chi connectivity index (χ2n) is 7.62. The molecule has 11 heteroatoms. The maximum Gasteiger partial charge on any atom is 0.349 e. The fraction of sp³-hybridized carbons (Fsp3) is 0.0800. The van der Waals surface area contributed by atoms with Crippen LogP contribution in [-0.4, -0.2) is 32.6 Å². The largest absolute Gasteiger partial charge is 0.493 e. The summed E-state index contributed by atoms with van der Waals surface area (Å²) in [6, 6.07) is 17.3. The van der Waals surface area contributed by atoms with E-state index in [1.54, 1.807) is 36.4 Å². The van der Waals surface area contributed by atoms with Crippen molar-refractivity contribution in [1.29, 1.82) is 0 Å². The van der Waals surface area contributed by atoms with Crippen LogP contribution in [0.5, 0.6) is 17.2 Å². The lowest BCUT2D eigenvalue weighted by Gasteiger charge is -2.12. The molecule has 2 aromatic heterocycles. The van der Waals surface area contributed by atoms with Gasteiger partial charge < -0.3 is 23.8 Å². The first kappa shape index (κ1) is 23.1. The first-order chi connectivity index (χ1) is 17.3. The molecule has 0 fully saturated rings. The van der Waals surface area contributed by atoms with Crippen LogP contribution in [0.15, 0.2) is 80.8 Å². The Bertz CT molecular complexity index is 1800. The van der Waals surface area contributed by atoms with Crippen LogP contribution in [0, 0.1) is 0 Å². The summed E-state index contributed by atoms with van der Waals surface area (Å²) >= 11 is 0. The van der Waals surface area contributed by atoms with Gasteiger partial charge in [-0.1, -0.05) is 24.3 Å². The molecule has 0 aliphatic rings. The van der Waals surface area contributed by atoms with E-state index in [4.69, 9.17) is 23.8 Å². The maximum atomic E-state index is 12.9. The van der Waals surface area contributed by atoms with Crippen molar-refractivity contribution in [1.82, 2.24) is 9.97 Å². The van der Waals surface area contributed by atoms with E-state index in [0.29, 0.717) is 27.8 Å². The highest BCUT2D eigenvalue weighted by molar-refractivity contribution is 7.87. The number of aromatic nitrogens is 2. The number of hydrogen-bond acceptors (Lipinski definition) is 10. The molecule has 0 aliphatic heterocycles. The number of nitrogens with zero attached hydrogens (tertiary/aromatic N) is 2. The molecule has 0 aliphatic carbocycles. The first-order valence-electron chi connectivity index (χ1n) is 10.6. The Hall–Kier alpha value is -4.64. The summed E-state index contributed by atoms with van der Waals surface area (Å²) in [5.74, 6) is 0.782. The normalized spacial score (nSPS) is 11.5. The number of fused-ring (bicyclic) bond motifs is 3. The van der Waals surface area contributed by atoms with Gasteiger partial charge in [0.1, 0.15) is 27.4 Å². The number of ether oxygens (including phenoxy) is 2. The molecule has 0 saturated carbocycles. The van der Waals surface area contributed by atoms with Gasteiger partial charge in [0.15, 0.2) is 17.3 Å². The molecular formula is C25H19N3O7S. The van der Waals surface area contributed by atoms with Crippen molar-refractivity contribution in [3.05, 3.63) is 77.2 Å². The summed E-state index contributed by atoms with van der Waals surface area (Å²) < 4.78 is 46.8. The van der Waals surface area contributed by atoms with Gasteiger partial charge in [-0.25, -0.2) is 14.8 Å². The molecule has 5 aromatic rings. The molecular weight excluding hydrogens is 486 g/mol. The zero-order chi connectivity index (χ0) is 25.4. The van der Waals surface area contributed by atoms with Gasteiger partial charge in [0.05, 0.1) is 19.7 Å². The number of para-hydroxylation sites is 1. The van der Waals surface area contributed by atoms with E-state index in [-0.39, 0.29) is 33.4 Å². The Balaban J connectivity index is 1.56. The summed E-state index contributed by atoms with van der Waals surface area (Å²) in [6.45, 7) is 0. The number of methoxy groups -OCH3 is 2. The van der Waals surface area contributed by atoms with Crippen molar-refractivity contribution in [3.63, 3.8) is 0 Å². The smallest absolute Gasteiger partial charge is 0.349 e. The average molecular weight is 506 g/mol. The fourth-order valence-corrected chi connectivity index (χ4v) is 4.68. The lowest BCUT2D eigenvalue weighted by Crippen LogP contribution is -2.10.